The van der Waals surface area contributed by atoms with E-state index in [1.807, 2.05) is 0 Å². The predicted octanol–water partition coefficient (Wildman–Crippen LogP) is 2.84. The monoisotopic (exact) mass is 254 g/mol. The lowest BCUT2D eigenvalue weighted by Gasteiger charge is -1.98. The molecule has 0 aromatic heterocycles. The Kier molecular flexibility index (Phi) is 2.53. The van der Waals surface area contributed by atoms with Crippen LogP contribution >= 0.6 is 0 Å². The van der Waals surface area contributed by atoms with Crippen LogP contribution in [0.4, 0.5) is 0 Å². The summed E-state index contributed by atoms with van der Waals surface area (Å²) in [5.41, 5.74) is 0. The molecule has 0 radical (unpaired) electrons. The number of hydrogen-bond donors (Lipinski definition) is 0. The maximum atomic E-state index is 2.21. The van der Waals surface area contributed by atoms with Gasteiger partial charge in [-0.05, 0) is 31.3 Å². The second-order valence-electron chi connectivity index (χ2n) is 5.05. The summed E-state index contributed by atoms with van der Waals surface area (Å²) >= 11 is 0. The first-order valence-electron chi connectivity index (χ1n) is 6.89. The standard InChI is InChI=1S/C20H14/c1-3-9-17-15(7-1)13-14-16-8-2-4-10-18(16)20-12-6-5-11-19(17)20/h1-14H/b14-13?,15-13-,16-14-,19-17-,20-18-. The number of hydrogen-bond acceptors (Lipinski definition) is 0. The SMILES string of the molecule is C1=c2/cccc/c2=c2\cccc\c2=c2/cccc/c2=C/1. The van der Waals surface area contributed by atoms with E-state index in [0.717, 1.165) is 0 Å². The molecule has 3 aromatic rings. The van der Waals surface area contributed by atoms with E-state index in [1.54, 1.807) is 0 Å². The third-order valence-electron chi connectivity index (χ3n) is 3.87. The number of fused-ring (bicyclic) bond motifs is 3. The lowest BCUT2D eigenvalue weighted by molar-refractivity contribution is 1.35. The van der Waals surface area contributed by atoms with Gasteiger partial charge in [0.25, 0.3) is 0 Å². The fraction of sp³-hybridized carbons (Fsp3) is 0. The van der Waals surface area contributed by atoms with E-state index in [2.05, 4.69) is 84.9 Å². The molecule has 4 rings (SSSR count). The lowest BCUT2D eigenvalue weighted by Crippen LogP contribution is -2.08. The molecule has 1 aliphatic carbocycles. The second-order valence-corrected chi connectivity index (χ2v) is 5.05. The van der Waals surface area contributed by atoms with Crippen molar-refractivity contribution in [2.45, 2.75) is 0 Å². The summed E-state index contributed by atoms with van der Waals surface area (Å²) in [6.45, 7) is 0. The Hall–Kier alpha value is -2.60. The predicted molar refractivity (Wildman–Crippen MR) is 82.9 cm³/mol. The minimum Gasteiger partial charge on any atom is -0.0616 e. The van der Waals surface area contributed by atoms with E-state index in [-0.39, 0.29) is 0 Å². The van der Waals surface area contributed by atoms with Crippen molar-refractivity contribution < 1.29 is 0 Å². The maximum absolute atomic E-state index is 2.21. The molecule has 0 fully saturated rings. The topological polar surface area (TPSA) is 0 Å². The van der Waals surface area contributed by atoms with Gasteiger partial charge >= 0.3 is 0 Å². The molecule has 3 aromatic carbocycles. The third-order valence-corrected chi connectivity index (χ3v) is 3.87. The van der Waals surface area contributed by atoms with Gasteiger partial charge in [0.2, 0.25) is 0 Å². The van der Waals surface area contributed by atoms with Gasteiger partial charge in [0.05, 0.1) is 0 Å². The van der Waals surface area contributed by atoms with Crippen molar-refractivity contribution in [3.05, 3.63) is 104 Å². The first kappa shape index (κ1) is 11.2. The molecule has 0 bridgehead atoms. The highest BCUT2D eigenvalue weighted by Gasteiger charge is 1.94. The van der Waals surface area contributed by atoms with E-state index in [9.17, 15) is 0 Å². The van der Waals surface area contributed by atoms with Crippen molar-refractivity contribution in [2.75, 3.05) is 0 Å². The highest BCUT2D eigenvalue weighted by molar-refractivity contribution is 5.61. The molecule has 0 spiro atoms. The zero-order chi connectivity index (χ0) is 13.4. The van der Waals surface area contributed by atoms with Gasteiger partial charge in [0.15, 0.2) is 0 Å². The maximum Gasteiger partial charge on any atom is -0.00992 e. The highest BCUT2D eigenvalue weighted by atomic mass is 14.0. The molecule has 20 heavy (non-hydrogen) atoms. The van der Waals surface area contributed by atoms with Crippen LogP contribution < -0.4 is 10.4 Å². The Bertz CT molecular complexity index is 999. The van der Waals surface area contributed by atoms with Gasteiger partial charge in [-0.25, -0.2) is 0 Å². The van der Waals surface area contributed by atoms with Crippen LogP contribution in [0.15, 0.2) is 72.8 Å². The summed E-state index contributed by atoms with van der Waals surface area (Å²) in [5.74, 6) is 0. The first-order chi connectivity index (χ1) is 9.93. The van der Waals surface area contributed by atoms with Crippen LogP contribution in [-0.4, -0.2) is 0 Å². The van der Waals surface area contributed by atoms with Gasteiger partial charge in [-0.2, -0.15) is 0 Å². The van der Waals surface area contributed by atoms with Crippen molar-refractivity contribution in [3.63, 3.8) is 0 Å². The van der Waals surface area contributed by atoms with Crippen LogP contribution in [0.25, 0.3) is 12.2 Å². The normalized spacial score (nSPS) is 18.8. The van der Waals surface area contributed by atoms with Crippen LogP contribution in [0.1, 0.15) is 0 Å². The van der Waals surface area contributed by atoms with Crippen molar-refractivity contribution in [2.24, 2.45) is 0 Å². The molecule has 0 atom stereocenters. The van der Waals surface area contributed by atoms with E-state index in [0.29, 0.717) is 0 Å². The average molecular weight is 254 g/mol. The molecule has 0 amide bonds. The Balaban J connectivity index is 2.56. The van der Waals surface area contributed by atoms with Crippen molar-refractivity contribution >= 4 is 12.2 Å². The minimum absolute atomic E-state index is 1.27. The van der Waals surface area contributed by atoms with Crippen molar-refractivity contribution in [1.29, 1.82) is 0 Å². The van der Waals surface area contributed by atoms with Crippen molar-refractivity contribution in [3.8, 4) is 0 Å². The summed E-state index contributed by atoms with van der Waals surface area (Å²) in [7, 11) is 0. The molecule has 0 nitrogen and oxygen atoms in total. The summed E-state index contributed by atoms with van der Waals surface area (Å²) < 4.78 is 0. The molecule has 0 saturated carbocycles. The summed E-state index contributed by atoms with van der Waals surface area (Å²) in [4.78, 5) is 0. The molecule has 0 aliphatic heterocycles. The summed E-state index contributed by atoms with van der Waals surface area (Å²) in [6, 6.07) is 25.8. The van der Waals surface area contributed by atoms with Gasteiger partial charge in [-0.1, -0.05) is 84.9 Å². The molecular formula is C20H14. The smallest absolute Gasteiger partial charge is 0.00992 e. The quantitative estimate of drug-likeness (QED) is 0.578. The van der Waals surface area contributed by atoms with Crippen LogP contribution in [0.5, 0.6) is 0 Å². The Morgan fingerprint density at radius 3 is 1.15 bits per heavy atom. The number of benzene rings is 3. The fourth-order valence-electron chi connectivity index (χ4n) is 2.91. The Labute approximate surface area is 117 Å². The molecule has 0 heteroatoms. The van der Waals surface area contributed by atoms with E-state index in [1.165, 1.54) is 31.3 Å². The lowest BCUT2D eigenvalue weighted by atomic mass is 10.1. The van der Waals surface area contributed by atoms with Crippen LogP contribution in [-0.2, 0) is 0 Å². The molecular weight excluding hydrogens is 240 g/mol. The Morgan fingerprint density at radius 2 is 0.700 bits per heavy atom. The fourth-order valence-corrected chi connectivity index (χ4v) is 2.91. The first-order valence-corrected chi connectivity index (χ1v) is 6.89. The molecule has 0 unspecified atom stereocenters. The largest absolute Gasteiger partial charge is 0.0616 e. The van der Waals surface area contributed by atoms with Crippen LogP contribution in [0.2, 0.25) is 0 Å². The minimum atomic E-state index is 1.27. The third kappa shape index (κ3) is 1.70. The van der Waals surface area contributed by atoms with Gasteiger partial charge in [0.1, 0.15) is 0 Å². The van der Waals surface area contributed by atoms with Crippen LogP contribution in [0, 0.1) is 20.9 Å². The van der Waals surface area contributed by atoms with Gasteiger partial charge in [-0.3, -0.25) is 0 Å². The Morgan fingerprint density at radius 1 is 0.350 bits per heavy atom. The van der Waals surface area contributed by atoms with E-state index < -0.39 is 0 Å². The molecule has 0 heterocycles. The number of rotatable bonds is 0. The summed E-state index contributed by atoms with van der Waals surface area (Å²) in [5, 5.41) is 7.76. The van der Waals surface area contributed by atoms with Gasteiger partial charge in [-0.15, -0.1) is 0 Å². The van der Waals surface area contributed by atoms with Gasteiger partial charge < -0.3 is 0 Å². The van der Waals surface area contributed by atoms with Crippen molar-refractivity contribution in [1.82, 2.24) is 0 Å². The second kappa shape index (κ2) is 4.50. The van der Waals surface area contributed by atoms with E-state index in [4.69, 9.17) is 0 Å². The molecule has 0 N–H and O–H groups in total. The molecule has 0 saturated heterocycles. The highest BCUT2D eigenvalue weighted by Crippen LogP contribution is 2.01. The zero-order valence-electron chi connectivity index (χ0n) is 11.1. The molecule has 1 aliphatic rings. The van der Waals surface area contributed by atoms with Gasteiger partial charge in [0, 0.05) is 0 Å². The summed E-state index contributed by atoms with van der Waals surface area (Å²) in [6.07, 6.45) is 4.42. The van der Waals surface area contributed by atoms with Crippen LogP contribution in [0.3, 0.4) is 0 Å². The average Bonchev–Trinajstić information content (AvgIpc) is 2.52. The van der Waals surface area contributed by atoms with E-state index >= 15 is 0 Å². The zero-order valence-corrected chi connectivity index (χ0v) is 11.1. The molecule has 94 valence electrons.